The molecule has 0 amide bonds. The summed E-state index contributed by atoms with van der Waals surface area (Å²) in [6.07, 6.45) is 26.9. The van der Waals surface area contributed by atoms with Crippen molar-refractivity contribution in [2.24, 2.45) is 11.8 Å². The van der Waals surface area contributed by atoms with E-state index in [4.69, 9.17) is 32.8 Å². The first-order chi connectivity index (χ1) is 23.6. The molecule has 8 heteroatoms. The lowest BCUT2D eigenvalue weighted by Crippen LogP contribution is -2.40. The molecule has 0 aromatic carbocycles. The minimum absolute atomic E-state index is 0.0197. The Labute approximate surface area is 301 Å². The molecule has 4 fully saturated rings. The van der Waals surface area contributed by atoms with Crippen molar-refractivity contribution in [3.05, 3.63) is 36.6 Å². The molecule has 1 aliphatic carbocycles. The van der Waals surface area contributed by atoms with Gasteiger partial charge in [0.15, 0.2) is 18.9 Å². The van der Waals surface area contributed by atoms with Gasteiger partial charge in [-0.15, -0.1) is 0 Å². The largest absolute Gasteiger partial charge is 0.547 e. The van der Waals surface area contributed by atoms with Crippen LogP contribution < -0.4 is 0 Å². The second-order valence-electron chi connectivity index (χ2n) is 16.4. The third kappa shape index (κ3) is 13.8. The molecule has 3 heterocycles. The molecule has 0 aromatic heterocycles. The molecular formula is C41H72O7Si. The lowest BCUT2D eigenvalue weighted by atomic mass is 9.89. The van der Waals surface area contributed by atoms with Gasteiger partial charge < -0.3 is 32.8 Å². The third-order valence-corrected chi connectivity index (χ3v) is 15.7. The quantitative estimate of drug-likeness (QED) is 0.0574. The van der Waals surface area contributed by atoms with Crippen molar-refractivity contribution < 1.29 is 32.8 Å². The highest BCUT2D eigenvalue weighted by Crippen LogP contribution is 2.43. The van der Waals surface area contributed by atoms with E-state index in [1.807, 2.05) is 0 Å². The minimum atomic E-state index is -1.87. The van der Waals surface area contributed by atoms with Crippen LogP contribution >= 0.6 is 0 Å². The summed E-state index contributed by atoms with van der Waals surface area (Å²) in [5.41, 5.74) is 0. The molecule has 1 saturated carbocycles. The first kappa shape index (κ1) is 40.8. The number of hydrogen-bond donors (Lipinski definition) is 0. The van der Waals surface area contributed by atoms with Crippen molar-refractivity contribution >= 4 is 8.32 Å². The monoisotopic (exact) mass is 705 g/mol. The van der Waals surface area contributed by atoms with Gasteiger partial charge in [0.2, 0.25) is 8.32 Å². The molecule has 0 aromatic rings. The highest BCUT2D eigenvalue weighted by atomic mass is 28.4. The Bertz CT molecular complexity index is 988. The molecule has 4 aliphatic rings. The zero-order valence-corrected chi connectivity index (χ0v) is 33.1. The van der Waals surface area contributed by atoms with Gasteiger partial charge >= 0.3 is 0 Å². The summed E-state index contributed by atoms with van der Waals surface area (Å²) in [6, 6.07) is 0. The van der Waals surface area contributed by atoms with Crippen molar-refractivity contribution in [2.75, 3.05) is 19.8 Å². The molecule has 3 aliphatic heterocycles. The zero-order chi connectivity index (χ0) is 35.1. The zero-order valence-electron chi connectivity index (χ0n) is 32.1. The first-order valence-electron chi connectivity index (χ1n) is 20.1. The number of hydrogen-bond acceptors (Lipinski definition) is 7. The predicted octanol–water partition coefficient (Wildman–Crippen LogP) is 10.8. The fourth-order valence-corrected chi connectivity index (χ4v) is 8.37. The Morgan fingerprint density at radius 1 is 0.837 bits per heavy atom. The van der Waals surface area contributed by atoms with E-state index < -0.39 is 8.32 Å². The molecule has 0 bridgehead atoms. The summed E-state index contributed by atoms with van der Waals surface area (Å²) < 4.78 is 44.9. The van der Waals surface area contributed by atoms with Crippen molar-refractivity contribution in [1.82, 2.24) is 0 Å². The van der Waals surface area contributed by atoms with E-state index >= 15 is 0 Å². The summed E-state index contributed by atoms with van der Waals surface area (Å²) in [6.45, 7) is 20.3. The number of allylic oxidation sites excluding steroid dienone is 3. The summed E-state index contributed by atoms with van der Waals surface area (Å²) in [5, 5.41) is 0.165. The lowest BCUT2D eigenvalue weighted by Gasteiger charge is -2.37. The average molecular weight is 705 g/mol. The maximum absolute atomic E-state index is 6.82. The van der Waals surface area contributed by atoms with E-state index in [2.05, 4.69) is 71.7 Å². The predicted molar refractivity (Wildman–Crippen MR) is 201 cm³/mol. The van der Waals surface area contributed by atoms with Crippen LogP contribution in [0, 0.1) is 11.8 Å². The Morgan fingerprint density at radius 3 is 2.02 bits per heavy atom. The normalized spacial score (nSPS) is 31.0. The molecule has 0 N–H and O–H groups in total. The van der Waals surface area contributed by atoms with Crippen molar-refractivity contribution in [3.63, 3.8) is 0 Å². The van der Waals surface area contributed by atoms with Gasteiger partial charge in [-0.1, -0.05) is 77.8 Å². The number of ether oxygens (including phenoxy) is 6. The lowest BCUT2D eigenvalue weighted by molar-refractivity contribution is -0.203. The Morgan fingerprint density at radius 2 is 1.45 bits per heavy atom. The van der Waals surface area contributed by atoms with E-state index in [-0.39, 0.29) is 54.1 Å². The molecule has 0 spiro atoms. The van der Waals surface area contributed by atoms with Gasteiger partial charge in [0, 0.05) is 38.6 Å². The van der Waals surface area contributed by atoms with Crippen LogP contribution in [0.5, 0.6) is 0 Å². The fraction of sp³-hybridized carbons (Fsp3) is 0.854. The molecule has 0 radical (unpaired) electrons. The van der Waals surface area contributed by atoms with E-state index in [1.54, 1.807) is 0 Å². The van der Waals surface area contributed by atoms with Crippen LogP contribution in [-0.2, 0) is 32.8 Å². The van der Waals surface area contributed by atoms with Crippen LogP contribution in [0.25, 0.3) is 0 Å². The average Bonchev–Trinajstić information content (AvgIpc) is 3.38. The SMILES string of the molecule is C=C(CCC=CC[C@@H]1[C@@H](C=CC(CCCCC)OC2CCCCO2)[C@H](OC2CCCCO2)C[C@@H]1OC1CCCCO1)O[Si](C)(C)C(C)(C)C. The van der Waals surface area contributed by atoms with Gasteiger partial charge in [-0.2, -0.15) is 0 Å². The Kier molecular flexibility index (Phi) is 17.4. The van der Waals surface area contributed by atoms with E-state index in [0.717, 1.165) is 115 Å². The van der Waals surface area contributed by atoms with Crippen molar-refractivity contribution in [2.45, 2.75) is 192 Å². The van der Waals surface area contributed by atoms with Crippen LogP contribution in [0.15, 0.2) is 36.6 Å². The number of rotatable bonds is 19. The molecular weight excluding hydrogens is 633 g/mol. The first-order valence-corrected chi connectivity index (χ1v) is 23.0. The van der Waals surface area contributed by atoms with Crippen molar-refractivity contribution in [3.8, 4) is 0 Å². The van der Waals surface area contributed by atoms with E-state index in [0.29, 0.717) is 0 Å². The standard InChI is InChI=1S/C41H72O7Si/c1-8-9-11-21-33(45-38-23-14-17-28-42-38)26-27-35-34(22-13-10-12-20-32(2)48-49(6,7)41(3,4)5)36(46-39-24-15-18-29-43-39)31-37(35)47-40-25-16-19-30-44-40/h10,13,26-27,33-40H,2,8-9,11-12,14-25,28-31H2,1,3-7H3/t33?,34-,35-,36+,37-,38?,39?,40?/m1/s1. The second-order valence-corrected chi connectivity index (χ2v) is 21.1. The Balaban J connectivity index is 1.49. The van der Waals surface area contributed by atoms with Crippen molar-refractivity contribution in [1.29, 1.82) is 0 Å². The molecule has 49 heavy (non-hydrogen) atoms. The van der Waals surface area contributed by atoms with Gasteiger partial charge in [-0.3, -0.25) is 0 Å². The summed E-state index contributed by atoms with van der Waals surface area (Å²) in [4.78, 5) is 0. The van der Waals surface area contributed by atoms with Gasteiger partial charge in [-0.25, -0.2) is 0 Å². The topological polar surface area (TPSA) is 64.6 Å². The molecule has 3 saturated heterocycles. The molecule has 7 nitrogen and oxygen atoms in total. The highest BCUT2D eigenvalue weighted by Gasteiger charge is 2.45. The fourth-order valence-electron chi connectivity index (χ4n) is 7.24. The van der Waals surface area contributed by atoms with E-state index in [1.165, 1.54) is 19.3 Å². The summed E-state index contributed by atoms with van der Waals surface area (Å²) in [5.74, 6) is 1.36. The third-order valence-electron chi connectivity index (χ3n) is 11.3. The summed E-state index contributed by atoms with van der Waals surface area (Å²) in [7, 11) is -1.87. The second kappa shape index (κ2) is 20.9. The van der Waals surface area contributed by atoms with Gasteiger partial charge in [0.1, 0.15) is 0 Å². The van der Waals surface area contributed by atoms with Crippen LogP contribution in [0.3, 0.4) is 0 Å². The smallest absolute Gasteiger partial charge is 0.250 e. The van der Waals surface area contributed by atoms with Gasteiger partial charge in [0.25, 0.3) is 0 Å². The van der Waals surface area contributed by atoms with Gasteiger partial charge in [0.05, 0.1) is 24.1 Å². The Hall–Kier alpha value is -1.00. The van der Waals surface area contributed by atoms with E-state index in [9.17, 15) is 0 Å². The van der Waals surface area contributed by atoms with Crippen LogP contribution in [0.1, 0.15) is 137 Å². The minimum Gasteiger partial charge on any atom is -0.547 e. The van der Waals surface area contributed by atoms with Crippen LogP contribution in [0.4, 0.5) is 0 Å². The highest BCUT2D eigenvalue weighted by molar-refractivity contribution is 6.74. The summed E-state index contributed by atoms with van der Waals surface area (Å²) >= 11 is 0. The number of unbranched alkanes of at least 4 members (excludes halogenated alkanes) is 2. The molecule has 8 atom stereocenters. The molecule has 282 valence electrons. The maximum Gasteiger partial charge on any atom is 0.250 e. The van der Waals surface area contributed by atoms with Crippen LogP contribution in [0.2, 0.25) is 18.1 Å². The van der Waals surface area contributed by atoms with Gasteiger partial charge in [-0.05, 0) is 101 Å². The molecule has 4 rings (SSSR count). The maximum atomic E-state index is 6.82. The molecule has 4 unspecified atom stereocenters. The van der Waals surface area contributed by atoms with Crippen LogP contribution in [-0.4, -0.2) is 65.3 Å².